The molecule has 0 radical (unpaired) electrons. The van der Waals surface area contributed by atoms with Crippen molar-refractivity contribution in [2.45, 2.75) is 51.0 Å². The number of hydrogen-bond donors (Lipinski definition) is 1. The molecule has 110 valence electrons. The van der Waals surface area contributed by atoms with Gasteiger partial charge < -0.3 is 5.32 Å². The molecule has 3 rings (SSSR count). The van der Waals surface area contributed by atoms with Crippen molar-refractivity contribution in [2.75, 3.05) is 18.1 Å². The second kappa shape index (κ2) is 7.00. The molecule has 1 N–H and O–H groups in total. The van der Waals surface area contributed by atoms with E-state index in [1.807, 2.05) is 0 Å². The minimum Gasteiger partial charge on any atom is -0.310 e. The maximum atomic E-state index is 3.86. The predicted molar refractivity (Wildman–Crippen MR) is 89.5 cm³/mol. The van der Waals surface area contributed by atoms with E-state index in [4.69, 9.17) is 0 Å². The van der Waals surface area contributed by atoms with Crippen LogP contribution in [0.5, 0.6) is 0 Å². The van der Waals surface area contributed by atoms with Crippen LogP contribution in [0.3, 0.4) is 0 Å². The summed E-state index contributed by atoms with van der Waals surface area (Å²) in [7, 11) is 0. The van der Waals surface area contributed by atoms with Gasteiger partial charge in [0.25, 0.3) is 0 Å². The molecule has 1 saturated heterocycles. The normalized spacial score (nSPS) is 24.6. The summed E-state index contributed by atoms with van der Waals surface area (Å²) in [6.45, 7) is 3.41. The van der Waals surface area contributed by atoms with Gasteiger partial charge in [-0.15, -0.1) is 0 Å². The Morgan fingerprint density at radius 2 is 2.10 bits per heavy atom. The van der Waals surface area contributed by atoms with Crippen LogP contribution in [0, 0.1) is 5.92 Å². The third kappa shape index (κ3) is 3.07. The van der Waals surface area contributed by atoms with Crippen molar-refractivity contribution in [3.63, 3.8) is 0 Å². The molecule has 2 fully saturated rings. The van der Waals surface area contributed by atoms with Crippen LogP contribution in [-0.4, -0.2) is 18.1 Å². The molecule has 1 nitrogen and oxygen atoms in total. The third-order valence-electron chi connectivity index (χ3n) is 4.93. The minimum absolute atomic E-state index is 0.585. The summed E-state index contributed by atoms with van der Waals surface area (Å²) in [6, 6.07) is 9.84. The van der Waals surface area contributed by atoms with E-state index in [0.717, 1.165) is 18.4 Å². The number of thioether (sulfide) groups is 1. The minimum atomic E-state index is 0.585. The Morgan fingerprint density at radius 3 is 2.75 bits per heavy atom. The molecule has 1 aliphatic carbocycles. The molecule has 0 spiro atoms. The first-order valence-electron chi connectivity index (χ1n) is 8.30. The Hall–Kier alpha value is -0.470. The Bertz CT molecular complexity index is 421. The maximum absolute atomic E-state index is 3.86. The quantitative estimate of drug-likeness (QED) is 0.811. The van der Waals surface area contributed by atoms with E-state index in [0.29, 0.717) is 6.04 Å². The van der Waals surface area contributed by atoms with Gasteiger partial charge in [-0.1, -0.05) is 37.6 Å². The van der Waals surface area contributed by atoms with E-state index >= 15 is 0 Å². The average molecular weight is 289 g/mol. The second-order valence-corrected chi connectivity index (χ2v) is 7.46. The Kier molecular flexibility index (Phi) is 5.06. The van der Waals surface area contributed by atoms with Crippen molar-refractivity contribution in [3.05, 3.63) is 35.4 Å². The van der Waals surface area contributed by atoms with E-state index in [9.17, 15) is 0 Å². The van der Waals surface area contributed by atoms with Gasteiger partial charge in [0.05, 0.1) is 0 Å². The lowest BCUT2D eigenvalue weighted by atomic mass is 9.75. The van der Waals surface area contributed by atoms with Crippen LogP contribution < -0.4 is 5.32 Å². The summed E-state index contributed by atoms with van der Waals surface area (Å²) in [5.41, 5.74) is 3.25. The van der Waals surface area contributed by atoms with Crippen LogP contribution in [0.4, 0.5) is 0 Å². The molecule has 0 amide bonds. The summed E-state index contributed by atoms with van der Waals surface area (Å²) < 4.78 is 0. The van der Waals surface area contributed by atoms with Gasteiger partial charge in [-0.05, 0) is 66.7 Å². The first-order valence-corrected chi connectivity index (χ1v) is 9.45. The predicted octanol–water partition coefficient (Wildman–Crippen LogP) is 4.75. The molecule has 2 unspecified atom stereocenters. The summed E-state index contributed by atoms with van der Waals surface area (Å²) in [5.74, 6) is 4.35. The highest BCUT2D eigenvalue weighted by molar-refractivity contribution is 7.99. The molecule has 1 aromatic rings. The van der Waals surface area contributed by atoms with Gasteiger partial charge in [0.2, 0.25) is 0 Å². The molecule has 0 aromatic heterocycles. The standard InChI is InChI=1S/C18H27NS/c1-2-11-19-18(15-10-12-20-13-15)17-9-4-3-8-16(17)14-6-5-7-14/h3-4,8-9,14-15,18-19H,2,5-7,10-13H2,1H3. The van der Waals surface area contributed by atoms with Crippen molar-refractivity contribution in [2.24, 2.45) is 5.92 Å². The van der Waals surface area contributed by atoms with Crippen LogP contribution >= 0.6 is 11.8 Å². The van der Waals surface area contributed by atoms with E-state index in [1.54, 1.807) is 11.1 Å². The second-order valence-electron chi connectivity index (χ2n) is 6.31. The lowest BCUT2D eigenvalue weighted by Crippen LogP contribution is -2.30. The van der Waals surface area contributed by atoms with Crippen LogP contribution in [0.1, 0.15) is 62.1 Å². The maximum Gasteiger partial charge on any atom is 0.0359 e. The zero-order valence-electron chi connectivity index (χ0n) is 12.6. The van der Waals surface area contributed by atoms with Crippen LogP contribution in [0.15, 0.2) is 24.3 Å². The molecule has 2 atom stereocenters. The largest absolute Gasteiger partial charge is 0.310 e. The zero-order chi connectivity index (χ0) is 13.8. The smallest absolute Gasteiger partial charge is 0.0359 e. The van der Waals surface area contributed by atoms with E-state index in [2.05, 4.69) is 48.3 Å². The molecule has 20 heavy (non-hydrogen) atoms. The molecule has 2 aliphatic rings. The molecular formula is C18H27NS. The van der Waals surface area contributed by atoms with Gasteiger partial charge in [-0.2, -0.15) is 11.8 Å². The zero-order valence-corrected chi connectivity index (χ0v) is 13.4. The lowest BCUT2D eigenvalue weighted by molar-refractivity contribution is 0.374. The average Bonchev–Trinajstić information content (AvgIpc) is 2.93. The van der Waals surface area contributed by atoms with Crippen molar-refractivity contribution < 1.29 is 0 Å². The van der Waals surface area contributed by atoms with Gasteiger partial charge in [-0.25, -0.2) is 0 Å². The third-order valence-corrected chi connectivity index (χ3v) is 6.11. The fourth-order valence-electron chi connectivity index (χ4n) is 3.53. The van der Waals surface area contributed by atoms with Crippen LogP contribution in [0.25, 0.3) is 0 Å². The SMILES string of the molecule is CCCNC(c1ccccc1C1CCC1)C1CCSC1. The highest BCUT2D eigenvalue weighted by Crippen LogP contribution is 2.42. The highest BCUT2D eigenvalue weighted by Gasteiger charge is 2.30. The van der Waals surface area contributed by atoms with Crippen molar-refractivity contribution in [1.29, 1.82) is 0 Å². The molecule has 2 heteroatoms. The molecule has 0 bridgehead atoms. The van der Waals surface area contributed by atoms with E-state index < -0.39 is 0 Å². The number of hydrogen-bond acceptors (Lipinski definition) is 2. The fraction of sp³-hybridized carbons (Fsp3) is 0.667. The number of nitrogens with one attached hydrogen (secondary N) is 1. The molecule has 1 saturated carbocycles. The summed E-state index contributed by atoms with van der Waals surface area (Å²) in [6.07, 6.45) is 6.83. The van der Waals surface area contributed by atoms with Gasteiger partial charge in [-0.3, -0.25) is 0 Å². The summed E-state index contributed by atoms with van der Waals surface area (Å²) in [4.78, 5) is 0. The van der Waals surface area contributed by atoms with Gasteiger partial charge in [0, 0.05) is 6.04 Å². The topological polar surface area (TPSA) is 12.0 Å². The Morgan fingerprint density at radius 1 is 1.25 bits per heavy atom. The van der Waals surface area contributed by atoms with Crippen LogP contribution in [0.2, 0.25) is 0 Å². The summed E-state index contributed by atoms with van der Waals surface area (Å²) >= 11 is 2.13. The van der Waals surface area contributed by atoms with E-state index in [-0.39, 0.29) is 0 Å². The first-order chi connectivity index (χ1) is 9.90. The van der Waals surface area contributed by atoms with Crippen molar-refractivity contribution in [3.8, 4) is 0 Å². The van der Waals surface area contributed by atoms with Crippen molar-refractivity contribution in [1.82, 2.24) is 5.32 Å². The molecule has 1 heterocycles. The Labute approximate surface area is 127 Å². The molecular weight excluding hydrogens is 262 g/mol. The molecule has 1 aromatic carbocycles. The molecule has 1 aliphatic heterocycles. The van der Waals surface area contributed by atoms with Gasteiger partial charge >= 0.3 is 0 Å². The first kappa shape index (κ1) is 14.5. The monoisotopic (exact) mass is 289 g/mol. The van der Waals surface area contributed by atoms with Crippen molar-refractivity contribution >= 4 is 11.8 Å². The van der Waals surface area contributed by atoms with E-state index in [1.165, 1.54) is 43.6 Å². The van der Waals surface area contributed by atoms with Crippen LogP contribution in [-0.2, 0) is 0 Å². The fourth-order valence-corrected chi connectivity index (χ4v) is 4.83. The highest BCUT2D eigenvalue weighted by atomic mass is 32.2. The number of rotatable bonds is 6. The van der Waals surface area contributed by atoms with Gasteiger partial charge in [0.15, 0.2) is 0 Å². The summed E-state index contributed by atoms with van der Waals surface area (Å²) in [5, 5.41) is 3.86. The lowest BCUT2D eigenvalue weighted by Gasteiger charge is -2.33. The van der Waals surface area contributed by atoms with Gasteiger partial charge in [0.1, 0.15) is 0 Å². The number of benzene rings is 1. The Balaban J connectivity index is 1.85.